The molecule has 6 heteroatoms. The molecule has 2 aliphatic heterocycles. The van der Waals surface area contributed by atoms with E-state index in [0.717, 1.165) is 0 Å². The van der Waals surface area contributed by atoms with Crippen molar-refractivity contribution in [1.29, 1.82) is 0 Å². The highest BCUT2D eigenvalue weighted by Crippen LogP contribution is 2.47. The molecule has 1 saturated carbocycles. The van der Waals surface area contributed by atoms with Crippen LogP contribution in [-0.2, 0) is 4.79 Å². The largest absolute Gasteiger partial charge is 0.486 e. The number of aliphatic carboxylic acids is 1. The van der Waals surface area contributed by atoms with Gasteiger partial charge in [0.2, 0.25) is 0 Å². The number of amides is 1. The monoisotopic (exact) mass is 483 g/mol. The molecule has 6 rings (SSSR count). The fourth-order valence-corrected chi connectivity index (χ4v) is 6.01. The Bertz CT molecular complexity index is 1290. The molecule has 3 aliphatic rings. The van der Waals surface area contributed by atoms with Crippen LogP contribution in [0.2, 0.25) is 0 Å². The Morgan fingerprint density at radius 3 is 2.28 bits per heavy atom. The lowest BCUT2D eigenvalue weighted by Gasteiger charge is -2.41. The van der Waals surface area contributed by atoms with Crippen molar-refractivity contribution in [2.24, 2.45) is 0 Å². The summed E-state index contributed by atoms with van der Waals surface area (Å²) in [6.07, 6.45) is 6.18. The highest BCUT2D eigenvalue weighted by molar-refractivity contribution is 6.11. The Kier molecular flexibility index (Phi) is 5.88. The molecule has 1 N–H and O–H groups in total. The molecule has 1 fully saturated rings. The SMILES string of the molecule is O=C(O)[C@@H]1c2ccccc2C(=O)N(c2ccc(C3CCCCC3)cc2)[C@H]1c1ccc2c(c1)OCCO2. The van der Waals surface area contributed by atoms with Gasteiger partial charge in [0.1, 0.15) is 19.1 Å². The lowest BCUT2D eigenvalue weighted by Crippen LogP contribution is -2.45. The maximum absolute atomic E-state index is 13.9. The predicted molar refractivity (Wildman–Crippen MR) is 136 cm³/mol. The third-order valence-corrected chi connectivity index (χ3v) is 7.76. The van der Waals surface area contributed by atoms with Gasteiger partial charge in [0.05, 0.1) is 6.04 Å². The van der Waals surface area contributed by atoms with Gasteiger partial charge in [0.25, 0.3) is 5.91 Å². The minimum atomic E-state index is -0.973. The number of carbonyl (C=O) groups excluding carboxylic acids is 1. The first-order valence-corrected chi connectivity index (χ1v) is 12.8. The van der Waals surface area contributed by atoms with Crippen LogP contribution in [0.25, 0.3) is 0 Å². The molecule has 3 aromatic rings. The topological polar surface area (TPSA) is 76.1 Å². The van der Waals surface area contributed by atoms with Gasteiger partial charge in [0, 0.05) is 11.3 Å². The van der Waals surface area contributed by atoms with Crippen molar-refractivity contribution in [3.63, 3.8) is 0 Å². The summed E-state index contributed by atoms with van der Waals surface area (Å²) in [5, 5.41) is 10.4. The molecule has 0 aromatic heterocycles. The highest BCUT2D eigenvalue weighted by atomic mass is 16.6. The molecule has 6 nitrogen and oxygen atoms in total. The Balaban J connectivity index is 1.47. The van der Waals surface area contributed by atoms with E-state index in [0.29, 0.717) is 53.0 Å². The number of ether oxygens (including phenoxy) is 2. The van der Waals surface area contributed by atoms with Crippen LogP contribution in [-0.4, -0.2) is 30.2 Å². The molecule has 0 unspecified atom stereocenters. The quantitative estimate of drug-likeness (QED) is 0.487. The summed E-state index contributed by atoms with van der Waals surface area (Å²) in [7, 11) is 0. The van der Waals surface area contributed by atoms with E-state index in [9.17, 15) is 14.7 Å². The van der Waals surface area contributed by atoms with Crippen LogP contribution in [0.4, 0.5) is 5.69 Å². The summed E-state index contributed by atoms with van der Waals surface area (Å²) in [5.74, 6) is -0.359. The second-order valence-corrected chi connectivity index (χ2v) is 9.85. The minimum absolute atomic E-state index is 0.201. The number of nitrogens with zero attached hydrogens (tertiary/aromatic N) is 1. The summed E-state index contributed by atoms with van der Waals surface area (Å²) in [6.45, 7) is 0.899. The van der Waals surface area contributed by atoms with E-state index in [-0.39, 0.29) is 5.91 Å². The summed E-state index contributed by atoms with van der Waals surface area (Å²) >= 11 is 0. The number of rotatable bonds is 4. The van der Waals surface area contributed by atoms with Crippen LogP contribution in [0.1, 0.15) is 77.0 Å². The van der Waals surface area contributed by atoms with E-state index in [1.807, 2.05) is 24.3 Å². The first-order chi connectivity index (χ1) is 17.6. The Morgan fingerprint density at radius 1 is 0.833 bits per heavy atom. The van der Waals surface area contributed by atoms with E-state index in [2.05, 4.69) is 12.1 Å². The van der Waals surface area contributed by atoms with Crippen molar-refractivity contribution in [1.82, 2.24) is 0 Å². The molecule has 0 radical (unpaired) electrons. The standard InChI is InChI=1S/C30H29NO5/c32-29-24-9-5-4-8-23(24)27(30(33)34)28(21-12-15-25-26(18-21)36-17-16-35-25)31(29)22-13-10-20(11-14-22)19-6-2-1-3-7-19/h4-5,8-15,18-19,27-28H,1-3,6-7,16-17H2,(H,33,34)/t27-,28+/m1/s1. The van der Waals surface area contributed by atoms with Crippen molar-refractivity contribution >= 4 is 17.6 Å². The van der Waals surface area contributed by atoms with Crippen LogP contribution in [0.15, 0.2) is 66.7 Å². The first kappa shape index (κ1) is 22.7. The number of carboxylic acids is 1. The number of hydrogen-bond donors (Lipinski definition) is 1. The second-order valence-electron chi connectivity index (χ2n) is 9.85. The molecule has 0 saturated heterocycles. The molecule has 0 spiro atoms. The maximum Gasteiger partial charge on any atom is 0.313 e. The van der Waals surface area contributed by atoms with Gasteiger partial charge in [-0.2, -0.15) is 0 Å². The average molecular weight is 484 g/mol. The van der Waals surface area contributed by atoms with Crippen molar-refractivity contribution < 1.29 is 24.2 Å². The zero-order chi connectivity index (χ0) is 24.6. The normalized spacial score (nSPS) is 21.7. The zero-order valence-electron chi connectivity index (χ0n) is 20.1. The van der Waals surface area contributed by atoms with Gasteiger partial charge in [-0.05, 0) is 65.8 Å². The fraction of sp³-hybridized carbons (Fsp3) is 0.333. The van der Waals surface area contributed by atoms with Gasteiger partial charge < -0.3 is 14.6 Å². The second kappa shape index (κ2) is 9.34. The Labute approximate surface area is 210 Å². The lowest BCUT2D eigenvalue weighted by atomic mass is 9.79. The molecule has 3 aromatic carbocycles. The van der Waals surface area contributed by atoms with Crippen LogP contribution in [0, 0.1) is 0 Å². The number of benzene rings is 3. The smallest absolute Gasteiger partial charge is 0.313 e. The van der Waals surface area contributed by atoms with Crippen molar-refractivity contribution in [3.8, 4) is 11.5 Å². The third-order valence-electron chi connectivity index (χ3n) is 7.76. The molecule has 2 atom stereocenters. The Morgan fingerprint density at radius 2 is 1.53 bits per heavy atom. The van der Waals surface area contributed by atoms with E-state index in [1.54, 1.807) is 35.2 Å². The van der Waals surface area contributed by atoms with E-state index >= 15 is 0 Å². The molecule has 184 valence electrons. The van der Waals surface area contributed by atoms with E-state index < -0.39 is 17.9 Å². The lowest BCUT2D eigenvalue weighted by molar-refractivity contribution is -0.139. The number of carbonyl (C=O) groups is 2. The Hall–Kier alpha value is -3.80. The van der Waals surface area contributed by atoms with E-state index in [4.69, 9.17) is 9.47 Å². The fourth-order valence-electron chi connectivity index (χ4n) is 6.01. The minimum Gasteiger partial charge on any atom is -0.486 e. The summed E-state index contributed by atoms with van der Waals surface area (Å²) in [6, 6.07) is 19.9. The van der Waals surface area contributed by atoms with Crippen molar-refractivity contribution in [3.05, 3.63) is 89.0 Å². The number of hydrogen-bond acceptors (Lipinski definition) is 4. The van der Waals surface area contributed by atoms with Gasteiger partial charge in [-0.1, -0.05) is 55.7 Å². The highest BCUT2D eigenvalue weighted by Gasteiger charge is 2.45. The molecule has 2 heterocycles. The molecule has 1 aliphatic carbocycles. The first-order valence-electron chi connectivity index (χ1n) is 12.8. The molecule has 1 amide bonds. The average Bonchev–Trinajstić information content (AvgIpc) is 2.93. The predicted octanol–water partition coefficient (Wildman–Crippen LogP) is 6.08. The molecule has 36 heavy (non-hydrogen) atoms. The maximum atomic E-state index is 13.9. The molecular formula is C30H29NO5. The summed E-state index contributed by atoms with van der Waals surface area (Å²) in [4.78, 5) is 28.3. The zero-order valence-corrected chi connectivity index (χ0v) is 20.1. The van der Waals surface area contributed by atoms with Crippen LogP contribution >= 0.6 is 0 Å². The van der Waals surface area contributed by atoms with Gasteiger partial charge in [-0.25, -0.2) is 0 Å². The van der Waals surface area contributed by atoms with Crippen molar-refractivity contribution in [2.45, 2.75) is 50.0 Å². The number of fused-ring (bicyclic) bond motifs is 2. The van der Waals surface area contributed by atoms with Gasteiger partial charge in [-0.3, -0.25) is 14.5 Å². The van der Waals surface area contributed by atoms with Crippen molar-refractivity contribution in [2.75, 3.05) is 18.1 Å². The summed E-state index contributed by atoms with van der Waals surface area (Å²) < 4.78 is 11.5. The molecular weight excluding hydrogens is 454 g/mol. The van der Waals surface area contributed by atoms with Gasteiger partial charge in [-0.15, -0.1) is 0 Å². The van der Waals surface area contributed by atoms with Crippen LogP contribution < -0.4 is 14.4 Å². The molecule has 0 bridgehead atoms. The third kappa shape index (κ3) is 3.91. The van der Waals surface area contributed by atoms with Gasteiger partial charge >= 0.3 is 5.97 Å². The number of carboxylic acid groups (broad SMARTS) is 1. The number of anilines is 1. The van der Waals surface area contributed by atoms with Crippen LogP contribution in [0.3, 0.4) is 0 Å². The van der Waals surface area contributed by atoms with Gasteiger partial charge in [0.15, 0.2) is 11.5 Å². The van der Waals surface area contributed by atoms with Crippen LogP contribution in [0.5, 0.6) is 11.5 Å². The summed E-state index contributed by atoms with van der Waals surface area (Å²) in [5.41, 5.74) is 3.64. The van der Waals surface area contributed by atoms with E-state index in [1.165, 1.54) is 37.7 Å².